The molecule has 1 aromatic carbocycles. The van der Waals surface area contributed by atoms with E-state index in [1.54, 1.807) is 6.07 Å². The maximum Gasteiger partial charge on any atom is 0.454 e. The Morgan fingerprint density at radius 1 is 1.12 bits per heavy atom. The van der Waals surface area contributed by atoms with E-state index >= 15 is 0 Å². The highest BCUT2D eigenvalue weighted by Gasteiger charge is 2.56. The Balaban J connectivity index is 0.000000195. The average molecular weight is 499 g/mol. The summed E-state index contributed by atoms with van der Waals surface area (Å²) in [5.41, 5.74) is 3.20. The third-order valence-corrected chi connectivity index (χ3v) is 5.86. The van der Waals surface area contributed by atoms with Crippen molar-refractivity contribution >= 4 is 34.8 Å². The molecular weight excluding hydrogens is 474 g/mol. The lowest BCUT2D eigenvalue weighted by molar-refractivity contribution is -0.279. The number of aryl methyl sites for hydroxylation is 2. The Labute approximate surface area is 193 Å². The van der Waals surface area contributed by atoms with Crippen LogP contribution in [0.3, 0.4) is 0 Å². The molecule has 0 atom stereocenters. The number of aromatic nitrogens is 2. The first-order valence-corrected chi connectivity index (χ1v) is 11.1. The van der Waals surface area contributed by atoms with E-state index in [-0.39, 0.29) is 6.54 Å². The number of benzene rings is 1. The minimum absolute atomic E-state index is 0.256. The summed E-state index contributed by atoms with van der Waals surface area (Å²) in [6.45, 7) is 4.93. The van der Waals surface area contributed by atoms with Crippen molar-refractivity contribution in [3.8, 4) is 0 Å². The van der Waals surface area contributed by atoms with E-state index in [2.05, 4.69) is 32.9 Å². The summed E-state index contributed by atoms with van der Waals surface area (Å²) in [5, 5.41) is 3.47. The van der Waals surface area contributed by atoms with Crippen LogP contribution in [0.25, 0.3) is 0 Å². The Kier molecular flexibility index (Phi) is 7.62. The number of alkyl halides is 5. The van der Waals surface area contributed by atoms with Gasteiger partial charge in [0.2, 0.25) is 5.95 Å². The fraction of sp³-hybridized carbons (Fsp3) is 0.571. The lowest BCUT2D eigenvalue weighted by Crippen LogP contribution is -2.45. The number of halogens is 7. The predicted molar refractivity (Wildman–Crippen MR) is 116 cm³/mol. The number of nitrogens with one attached hydrogen (secondary N) is 1. The van der Waals surface area contributed by atoms with Gasteiger partial charge in [0.05, 0.1) is 22.9 Å². The topological polar surface area (TPSA) is 33.1 Å². The zero-order valence-corrected chi connectivity index (χ0v) is 19.3. The molecule has 1 aliphatic carbocycles. The molecule has 178 valence electrons. The fourth-order valence-electron chi connectivity index (χ4n) is 3.42. The van der Waals surface area contributed by atoms with E-state index in [1.165, 1.54) is 0 Å². The standard InChI is InChI=1S/C14H15Cl2N3.C7H10F5N/c1-3-11-8-18-4-5-19(14(18)17-11)13-9(2)6-10(15)7-12(13)16;8-6(9,7(10,11)12)4-13-3-5-1-2-5/h6-8H,3-5H2,1-2H3;5,13H,1-4H2. The monoisotopic (exact) mass is 498 g/mol. The molecular formula is C21H25Cl2F5N4. The Morgan fingerprint density at radius 2 is 1.81 bits per heavy atom. The number of hydrogen-bond donors (Lipinski definition) is 1. The van der Waals surface area contributed by atoms with E-state index in [0.29, 0.717) is 16.0 Å². The number of anilines is 2. The van der Waals surface area contributed by atoms with Crippen LogP contribution < -0.4 is 10.2 Å². The number of hydrogen-bond acceptors (Lipinski definition) is 3. The van der Waals surface area contributed by atoms with Gasteiger partial charge in [-0.25, -0.2) is 4.98 Å². The Hall–Kier alpha value is -1.58. The van der Waals surface area contributed by atoms with Crippen molar-refractivity contribution in [2.75, 3.05) is 24.5 Å². The highest BCUT2D eigenvalue weighted by atomic mass is 35.5. The molecule has 1 fully saturated rings. The van der Waals surface area contributed by atoms with Crippen molar-refractivity contribution in [2.45, 2.75) is 51.8 Å². The first kappa shape index (κ1) is 25.1. The van der Waals surface area contributed by atoms with Crippen molar-refractivity contribution in [1.82, 2.24) is 14.9 Å². The molecule has 32 heavy (non-hydrogen) atoms. The minimum atomic E-state index is -5.44. The zero-order valence-electron chi connectivity index (χ0n) is 17.7. The van der Waals surface area contributed by atoms with E-state index in [4.69, 9.17) is 23.2 Å². The molecule has 0 spiro atoms. The van der Waals surface area contributed by atoms with E-state index in [0.717, 1.165) is 55.2 Å². The highest BCUT2D eigenvalue weighted by Crippen LogP contribution is 2.39. The van der Waals surface area contributed by atoms with Crippen LogP contribution in [0, 0.1) is 12.8 Å². The predicted octanol–water partition coefficient (Wildman–Crippen LogP) is 6.40. The molecule has 0 unspecified atom stereocenters. The first-order valence-electron chi connectivity index (χ1n) is 10.4. The Morgan fingerprint density at radius 3 is 2.38 bits per heavy atom. The number of rotatable bonds is 6. The summed E-state index contributed by atoms with van der Waals surface area (Å²) in [4.78, 5) is 6.84. The van der Waals surface area contributed by atoms with Gasteiger partial charge in [-0.15, -0.1) is 0 Å². The highest BCUT2D eigenvalue weighted by molar-refractivity contribution is 6.36. The van der Waals surface area contributed by atoms with Crippen LogP contribution in [0.1, 0.15) is 31.0 Å². The smallest absolute Gasteiger partial charge is 0.315 e. The Bertz CT molecular complexity index is 918. The molecule has 1 aromatic heterocycles. The largest absolute Gasteiger partial charge is 0.454 e. The maximum atomic E-state index is 12.2. The lowest BCUT2D eigenvalue weighted by Gasteiger charge is -2.20. The molecule has 11 heteroatoms. The molecule has 2 aliphatic rings. The number of imidazole rings is 1. The van der Waals surface area contributed by atoms with E-state index < -0.39 is 18.6 Å². The van der Waals surface area contributed by atoms with Crippen molar-refractivity contribution in [3.05, 3.63) is 39.6 Å². The molecule has 1 saturated carbocycles. The molecule has 4 rings (SSSR count). The van der Waals surface area contributed by atoms with Gasteiger partial charge in [-0.3, -0.25) is 0 Å². The fourth-order valence-corrected chi connectivity index (χ4v) is 4.12. The van der Waals surface area contributed by atoms with Gasteiger partial charge >= 0.3 is 12.1 Å². The van der Waals surface area contributed by atoms with Gasteiger partial charge in [-0.05, 0) is 56.3 Å². The second-order valence-electron chi connectivity index (χ2n) is 8.06. The molecule has 0 radical (unpaired) electrons. The average Bonchev–Trinajstić information content (AvgIpc) is 3.28. The van der Waals surface area contributed by atoms with Gasteiger partial charge in [0, 0.05) is 24.3 Å². The molecule has 0 saturated heterocycles. The molecule has 2 heterocycles. The van der Waals surface area contributed by atoms with E-state index in [9.17, 15) is 22.0 Å². The van der Waals surface area contributed by atoms with Gasteiger partial charge in [-0.2, -0.15) is 22.0 Å². The molecule has 0 bridgehead atoms. The van der Waals surface area contributed by atoms with Crippen molar-refractivity contribution in [2.24, 2.45) is 5.92 Å². The number of fused-ring (bicyclic) bond motifs is 1. The second-order valence-corrected chi connectivity index (χ2v) is 8.90. The second kappa shape index (κ2) is 9.73. The third-order valence-electron chi connectivity index (χ3n) is 5.35. The van der Waals surface area contributed by atoms with Crippen molar-refractivity contribution < 1.29 is 22.0 Å². The van der Waals surface area contributed by atoms with Crippen LogP contribution in [0.5, 0.6) is 0 Å². The molecule has 1 N–H and O–H groups in total. The van der Waals surface area contributed by atoms with Crippen LogP contribution in [-0.4, -0.2) is 41.3 Å². The molecule has 1 aliphatic heterocycles. The summed E-state index contributed by atoms with van der Waals surface area (Å²) in [6.07, 6.45) is -0.533. The van der Waals surface area contributed by atoms with Crippen molar-refractivity contribution in [3.63, 3.8) is 0 Å². The van der Waals surface area contributed by atoms with Gasteiger partial charge in [0.15, 0.2) is 0 Å². The summed E-state index contributed by atoms with van der Waals surface area (Å²) in [6, 6.07) is 3.73. The first-order chi connectivity index (χ1) is 14.9. The van der Waals surface area contributed by atoms with Gasteiger partial charge in [-0.1, -0.05) is 30.1 Å². The van der Waals surface area contributed by atoms with Crippen LogP contribution in [0.4, 0.5) is 33.6 Å². The number of nitrogens with zero attached hydrogens (tertiary/aromatic N) is 3. The van der Waals surface area contributed by atoms with E-state index in [1.807, 2.05) is 13.0 Å². The molecule has 2 aromatic rings. The van der Waals surface area contributed by atoms with Crippen LogP contribution in [0.15, 0.2) is 18.3 Å². The van der Waals surface area contributed by atoms with Crippen LogP contribution >= 0.6 is 23.2 Å². The van der Waals surface area contributed by atoms with Crippen LogP contribution in [0.2, 0.25) is 10.0 Å². The summed E-state index contributed by atoms with van der Waals surface area (Å²) in [7, 11) is 0. The summed E-state index contributed by atoms with van der Waals surface area (Å²) in [5.74, 6) is -3.34. The van der Waals surface area contributed by atoms with Crippen molar-refractivity contribution in [1.29, 1.82) is 0 Å². The summed E-state index contributed by atoms with van der Waals surface area (Å²) < 4.78 is 61.4. The summed E-state index contributed by atoms with van der Waals surface area (Å²) >= 11 is 12.4. The normalized spacial score (nSPS) is 16.1. The van der Waals surface area contributed by atoms with Gasteiger partial charge in [0.25, 0.3) is 0 Å². The van der Waals surface area contributed by atoms with Crippen LogP contribution in [-0.2, 0) is 13.0 Å². The zero-order chi connectivity index (χ0) is 23.7. The molecule has 0 amide bonds. The quantitative estimate of drug-likeness (QED) is 0.468. The maximum absolute atomic E-state index is 12.2. The SMILES string of the molecule is CCc1cn2c(n1)N(c1c(C)cc(Cl)cc1Cl)CC2.FC(F)(F)C(F)(F)CNCC1CC1. The van der Waals surface area contributed by atoms with Gasteiger partial charge < -0.3 is 14.8 Å². The van der Waals surface area contributed by atoms with Gasteiger partial charge in [0.1, 0.15) is 0 Å². The molecule has 4 nitrogen and oxygen atoms in total. The lowest BCUT2D eigenvalue weighted by atomic mass is 10.2. The third kappa shape index (κ3) is 5.85. The minimum Gasteiger partial charge on any atom is -0.315 e.